The van der Waals surface area contributed by atoms with Gasteiger partial charge >= 0.3 is 5.63 Å². The van der Waals surface area contributed by atoms with Crippen molar-refractivity contribution in [1.29, 1.82) is 0 Å². The van der Waals surface area contributed by atoms with Gasteiger partial charge in [0, 0.05) is 35.3 Å². The number of rotatable bonds is 2. The third kappa shape index (κ3) is 2.85. The molecule has 1 aliphatic rings. The molecular formula is C24H23NO3. The number of aryl methyl sites for hydroxylation is 1. The van der Waals surface area contributed by atoms with Crippen LogP contribution >= 0.6 is 0 Å². The highest BCUT2D eigenvalue weighted by Gasteiger charge is 2.29. The normalized spacial score (nSPS) is 15.3. The van der Waals surface area contributed by atoms with Gasteiger partial charge in [-0.15, -0.1) is 0 Å². The average molecular weight is 373 g/mol. The summed E-state index contributed by atoms with van der Waals surface area (Å²) in [6.45, 7) is 8.32. The molecule has 28 heavy (non-hydrogen) atoms. The molecular weight excluding hydrogens is 350 g/mol. The van der Waals surface area contributed by atoms with E-state index in [4.69, 9.17) is 4.42 Å². The fraction of sp³-hybridized carbons (Fsp3) is 0.250. The molecule has 0 radical (unpaired) electrons. The van der Waals surface area contributed by atoms with Crippen molar-refractivity contribution in [2.24, 2.45) is 0 Å². The number of benzene rings is 2. The number of carbonyl (C=O) groups is 1. The van der Waals surface area contributed by atoms with Gasteiger partial charge in [0.1, 0.15) is 11.1 Å². The molecule has 4 nitrogen and oxygen atoms in total. The van der Waals surface area contributed by atoms with E-state index in [0.29, 0.717) is 11.1 Å². The van der Waals surface area contributed by atoms with Crippen molar-refractivity contribution in [2.75, 3.05) is 11.9 Å². The molecule has 2 aromatic carbocycles. The zero-order valence-electron chi connectivity index (χ0n) is 16.8. The minimum absolute atomic E-state index is 0.0578. The van der Waals surface area contributed by atoms with Crippen LogP contribution in [-0.2, 0) is 0 Å². The Bertz CT molecular complexity index is 1200. The number of ketones is 1. The summed E-state index contributed by atoms with van der Waals surface area (Å²) >= 11 is 0. The Balaban J connectivity index is 1.88. The SMILES string of the molecule is CC1=CC(C)(C)N(C)c2cc3oc(=O)c(C(=O)c4ccc(C)cc4)cc3cc21. The predicted octanol–water partition coefficient (Wildman–Crippen LogP) is 4.96. The van der Waals surface area contributed by atoms with Crippen molar-refractivity contribution in [1.82, 2.24) is 0 Å². The van der Waals surface area contributed by atoms with E-state index in [1.165, 1.54) is 0 Å². The molecule has 142 valence electrons. The number of anilines is 1. The summed E-state index contributed by atoms with van der Waals surface area (Å²) in [5.74, 6) is -0.320. The Morgan fingerprint density at radius 2 is 1.71 bits per heavy atom. The lowest BCUT2D eigenvalue weighted by Crippen LogP contribution is -2.42. The maximum Gasteiger partial charge on any atom is 0.347 e. The molecule has 0 saturated carbocycles. The van der Waals surface area contributed by atoms with E-state index in [2.05, 4.69) is 31.7 Å². The van der Waals surface area contributed by atoms with Crippen LogP contribution in [0.4, 0.5) is 5.69 Å². The number of hydrogen-bond donors (Lipinski definition) is 0. The molecule has 0 saturated heterocycles. The summed E-state index contributed by atoms with van der Waals surface area (Å²) in [4.78, 5) is 27.5. The average Bonchev–Trinajstić information content (AvgIpc) is 2.64. The van der Waals surface area contributed by atoms with Gasteiger partial charge in [-0.05, 0) is 45.4 Å². The molecule has 0 fully saturated rings. The molecule has 0 aliphatic carbocycles. The second kappa shape index (κ2) is 6.20. The summed E-state index contributed by atoms with van der Waals surface area (Å²) in [5.41, 5.74) is 4.60. The van der Waals surface area contributed by atoms with E-state index in [0.717, 1.165) is 27.8 Å². The van der Waals surface area contributed by atoms with Crippen molar-refractivity contribution in [3.8, 4) is 0 Å². The number of fused-ring (bicyclic) bond motifs is 2. The summed E-state index contributed by atoms with van der Waals surface area (Å²) in [6.07, 6.45) is 2.22. The van der Waals surface area contributed by atoms with Crippen molar-refractivity contribution in [3.05, 3.63) is 81.2 Å². The summed E-state index contributed by atoms with van der Waals surface area (Å²) in [6, 6.07) is 12.7. The first-order chi connectivity index (χ1) is 13.2. The monoisotopic (exact) mass is 373 g/mol. The van der Waals surface area contributed by atoms with Crippen LogP contribution in [0.15, 0.2) is 57.8 Å². The Labute approximate surface area is 164 Å². The standard InChI is InChI=1S/C24H23NO3/c1-14-6-8-16(9-7-14)22(26)19-11-17-10-18-15(2)13-24(3,4)25(5)20(18)12-21(17)28-23(19)27/h6-13H,1-5H3. The van der Waals surface area contributed by atoms with Gasteiger partial charge in [-0.25, -0.2) is 4.79 Å². The number of carbonyl (C=O) groups excluding carboxylic acids is 1. The summed E-state index contributed by atoms with van der Waals surface area (Å²) in [5, 5.41) is 0.745. The Hall–Kier alpha value is -3.14. The second-order valence-electron chi connectivity index (χ2n) is 8.09. The zero-order valence-corrected chi connectivity index (χ0v) is 16.8. The molecule has 0 atom stereocenters. The first-order valence-electron chi connectivity index (χ1n) is 9.34. The van der Waals surface area contributed by atoms with Gasteiger partial charge in [0.2, 0.25) is 0 Å². The van der Waals surface area contributed by atoms with Crippen LogP contribution in [0.5, 0.6) is 0 Å². The minimum atomic E-state index is -0.608. The van der Waals surface area contributed by atoms with E-state index in [-0.39, 0.29) is 16.9 Å². The Morgan fingerprint density at radius 1 is 1.04 bits per heavy atom. The molecule has 0 unspecified atom stereocenters. The van der Waals surface area contributed by atoms with Crippen molar-refractivity contribution in [3.63, 3.8) is 0 Å². The maximum atomic E-state index is 12.8. The third-order valence-corrected chi connectivity index (χ3v) is 5.63. The molecule has 3 aromatic rings. The van der Waals surface area contributed by atoms with E-state index in [1.54, 1.807) is 18.2 Å². The van der Waals surface area contributed by atoms with Gasteiger partial charge in [-0.3, -0.25) is 4.79 Å². The van der Waals surface area contributed by atoms with E-state index >= 15 is 0 Å². The highest BCUT2D eigenvalue weighted by Crippen LogP contribution is 2.39. The highest BCUT2D eigenvalue weighted by molar-refractivity contribution is 6.10. The molecule has 1 aliphatic heterocycles. The number of nitrogens with zero attached hydrogens (tertiary/aromatic N) is 1. The first-order valence-corrected chi connectivity index (χ1v) is 9.34. The van der Waals surface area contributed by atoms with Crippen LogP contribution in [0.2, 0.25) is 0 Å². The number of likely N-dealkylation sites (N-methyl/N-ethyl adjacent to an activating group) is 1. The van der Waals surface area contributed by atoms with Crippen LogP contribution in [0.3, 0.4) is 0 Å². The number of hydrogen-bond acceptors (Lipinski definition) is 4. The lowest BCUT2D eigenvalue weighted by Gasteiger charge is -2.40. The predicted molar refractivity (Wildman–Crippen MR) is 113 cm³/mol. The van der Waals surface area contributed by atoms with Crippen molar-refractivity contribution in [2.45, 2.75) is 33.2 Å². The lowest BCUT2D eigenvalue weighted by atomic mass is 9.88. The minimum Gasteiger partial charge on any atom is -0.422 e. The van der Waals surface area contributed by atoms with Gasteiger partial charge in [-0.2, -0.15) is 0 Å². The third-order valence-electron chi connectivity index (χ3n) is 5.63. The topological polar surface area (TPSA) is 50.5 Å². The van der Waals surface area contributed by atoms with Crippen LogP contribution in [-0.4, -0.2) is 18.4 Å². The van der Waals surface area contributed by atoms with E-state index in [1.807, 2.05) is 38.2 Å². The van der Waals surface area contributed by atoms with Gasteiger partial charge in [-0.1, -0.05) is 35.9 Å². The van der Waals surface area contributed by atoms with Crippen molar-refractivity contribution < 1.29 is 9.21 Å². The lowest BCUT2D eigenvalue weighted by molar-refractivity contribution is 0.103. The van der Waals surface area contributed by atoms with Gasteiger partial charge in [0.25, 0.3) is 0 Å². The molecule has 0 amide bonds. The van der Waals surface area contributed by atoms with Crippen LogP contribution in [0, 0.1) is 6.92 Å². The highest BCUT2D eigenvalue weighted by atomic mass is 16.4. The van der Waals surface area contributed by atoms with Crippen molar-refractivity contribution >= 4 is 28.0 Å². The molecule has 4 heteroatoms. The van der Waals surface area contributed by atoms with Crippen LogP contribution in [0.1, 0.15) is 47.8 Å². The van der Waals surface area contributed by atoms with Gasteiger partial charge < -0.3 is 9.32 Å². The molecule has 1 aromatic heterocycles. The Morgan fingerprint density at radius 3 is 2.39 bits per heavy atom. The smallest absolute Gasteiger partial charge is 0.347 e. The second-order valence-corrected chi connectivity index (χ2v) is 8.09. The quantitative estimate of drug-likeness (QED) is 0.470. The Kier molecular flexibility index (Phi) is 4.03. The molecule has 0 bridgehead atoms. The molecule has 0 N–H and O–H groups in total. The van der Waals surface area contributed by atoms with E-state index in [9.17, 15) is 9.59 Å². The van der Waals surface area contributed by atoms with Crippen LogP contribution < -0.4 is 10.5 Å². The fourth-order valence-electron chi connectivity index (χ4n) is 3.78. The van der Waals surface area contributed by atoms with Gasteiger partial charge in [0.05, 0.1) is 5.54 Å². The molecule has 0 spiro atoms. The first kappa shape index (κ1) is 18.2. The number of allylic oxidation sites excluding steroid dienone is 1. The largest absolute Gasteiger partial charge is 0.422 e. The summed E-state index contributed by atoms with van der Waals surface area (Å²) < 4.78 is 5.55. The summed E-state index contributed by atoms with van der Waals surface area (Å²) in [7, 11) is 2.03. The fourth-order valence-corrected chi connectivity index (χ4v) is 3.78. The van der Waals surface area contributed by atoms with Gasteiger partial charge in [0.15, 0.2) is 5.78 Å². The zero-order chi connectivity index (χ0) is 20.2. The maximum absolute atomic E-state index is 12.8. The van der Waals surface area contributed by atoms with Crippen LogP contribution in [0.25, 0.3) is 16.5 Å². The molecule has 4 rings (SSSR count). The van der Waals surface area contributed by atoms with E-state index < -0.39 is 5.63 Å². The molecule has 2 heterocycles.